The number of ketones is 1. The summed E-state index contributed by atoms with van der Waals surface area (Å²) in [7, 11) is 0. The maximum atomic E-state index is 14.1. The van der Waals surface area contributed by atoms with Crippen molar-refractivity contribution in [2.45, 2.75) is 12.8 Å². The summed E-state index contributed by atoms with van der Waals surface area (Å²) in [6.45, 7) is 1.29. The molecular weight excluding hydrogens is 325 g/mol. The number of carbonyl (C=O) groups is 2. The molecule has 1 amide bonds. The van der Waals surface area contributed by atoms with Crippen LogP contribution in [0.4, 0.5) is 10.1 Å². The normalized spacial score (nSPS) is 11.7. The monoisotopic (exact) mass is 337 g/mol. The molecule has 2 aromatic carbocycles. The predicted molar refractivity (Wildman–Crippen MR) is 87.4 cm³/mol. The van der Waals surface area contributed by atoms with Crippen LogP contribution in [0.2, 0.25) is 0 Å². The van der Waals surface area contributed by atoms with Crippen molar-refractivity contribution >= 4 is 28.5 Å². The number of Topliss-reactive ketones (excluding diaryl/α,β-unsaturated/α-hetero) is 1. The van der Waals surface area contributed by atoms with Crippen LogP contribution in [0.15, 0.2) is 46.9 Å². The molecule has 0 aliphatic rings. The Bertz CT molecular complexity index is 987. The van der Waals surface area contributed by atoms with Crippen molar-refractivity contribution in [2.75, 3.05) is 5.32 Å². The SMILES string of the molecule is CC(=O)Nc1ccc(F)c(C(=O)C(C#N)c2nc3ccccc3o2)c1. The van der Waals surface area contributed by atoms with E-state index < -0.39 is 17.5 Å². The molecule has 7 heteroatoms. The van der Waals surface area contributed by atoms with Gasteiger partial charge in [-0.25, -0.2) is 9.37 Å². The number of para-hydroxylation sites is 2. The molecule has 1 N–H and O–H groups in total. The largest absolute Gasteiger partial charge is 0.439 e. The molecule has 3 aromatic rings. The molecule has 25 heavy (non-hydrogen) atoms. The van der Waals surface area contributed by atoms with Gasteiger partial charge in [-0.3, -0.25) is 9.59 Å². The number of amides is 1. The van der Waals surface area contributed by atoms with Gasteiger partial charge in [-0.05, 0) is 30.3 Å². The zero-order chi connectivity index (χ0) is 18.0. The second-order valence-electron chi connectivity index (χ2n) is 5.32. The van der Waals surface area contributed by atoms with E-state index in [4.69, 9.17) is 4.42 Å². The standard InChI is InChI=1S/C18H12FN3O3/c1-10(23)21-11-6-7-14(19)12(8-11)17(24)13(9-20)18-22-15-4-2-3-5-16(15)25-18/h2-8,13H,1H3,(H,21,23). The van der Waals surface area contributed by atoms with Gasteiger partial charge in [-0.2, -0.15) is 5.26 Å². The van der Waals surface area contributed by atoms with E-state index in [9.17, 15) is 19.2 Å². The number of nitrogens with one attached hydrogen (secondary N) is 1. The molecule has 1 unspecified atom stereocenters. The van der Waals surface area contributed by atoms with Gasteiger partial charge in [-0.15, -0.1) is 0 Å². The zero-order valence-corrected chi connectivity index (χ0v) is 13.1. The number of nitriles is 1. The Kier molecular flexibility index (Phi) is 4.27. The van der Waals surface area contributed by atoms with Crippen LogP contribution in [0, 0.1) is 17.1 Å². The number of rotatable bonds is 4. The van der Waals surface area contributed by atoms with Crippen molar-refractivity contribution in [3.8, 4) is 6.07 Å². The molecule has 1 aromatic heterocycles. The molecule has 0 spiro atoms. The Balaban J connectivity index is 2.00. The van der Waals surface area contributed by atoms with Gasteiger partial charge in [0, 0.05) is 12.6 Å². The quantitative estimate of drug-likeness (QED) is 0.736. The Hall–Kier alpha value is -3.53. The first-order valence-electron chi connectivity index (χ1n) is 7.36. The third-order valence-corrected chi connectivity index (χ3v) is 3.50. The Morgan fingerprint density at radius 1 is 1.28 bits per heavy atom. The maximum absolute atomic E-state index is 14.1. The topological polar surface area (TPSA) is 96.0 Å². The van der Waals surface area contributed by atoms with Gasteiger partial charge in [0.15, 0.2) is 17.3 Å². The molecule has 0 bridgehead atoms. The number of halogens is 1. The van der Waals surface area contributed by atoms with E-state index in [0.717, 1.165) is 6.07 Å². The minimum Gasteiger partial charge on any atom is -0.439 e. The zero-order valence-electron chi connectivity index (χ0n) is 13.1. The molecule has 0 aliphatic heterocycles. The van der Waals surface area contributed by atoms with E-state index in [1.807, 2.05) is 0 Å². The summed E-state index contributed by atoms with van der Waals surface area (Å²) < 4.78 is 19.5. The lowest BCUT2D eigenvalue weighted by atomic mass is 9.98. The molecule has 1 heterocycles. The summed E-state index contributed by atoms with van der Waals surface area (Å²) in [6, 6.07) is 12.2. The van der Waals surface area contributed by atoms with Crippen LogP contribution < -0.4 is 5.32 Å². The third-order valence-electron chi connectivity index (χ3n) is 3.50. The molecule has 0 saturated heterocycles. The highest BCUT2D eigenvalue weighted by molar-refractivity contribution is 6.03. The van der Waals surface area contributed by atoms with Gasteiger partial charge in [0.2, 0.25) is 11.8 Å². The lowest BCUT2D eigenvalue weighted by Gasteiger charge is -2.08. The van der Waals surface area contributed by atoms with E-state index in [2.05, 4.69) is 10.3 Å². The maximum Gasteiger partial charge on any atom is 0.221 e. The van der Waals surface area contributed by atoms with Gasteiger partial charge < -0.3 is 9.73 Å². The van der Waals surface area contributed by atoms with Crippen molar-refractivity contribution in [1.82, 2.24) is 4.98 Å². The first kappa shape index (κ1) is 16.3. The number of anilines is 1. The minimum atomic E-state index is -1.39. The third kappa shape index (κ3) is 3.23. The average molecular weight is 337 g/mol. The number of aromatic nitrogens is 1. The first-order chi connectivity index (χ1) is 12.0. The first-order valence-corrected chi connectivity index (χ1v) is 7.36. The van der Waals surface area contributed by atoms with Crippen molar-refractivity contribution in [3.63, 3.8) is 0 Å². The fraction of sp³-hybridized carbons (Fsp3) is 0.111. The number of hydrogen-bond donors (Lipinski definition) is 1. The highest BCUT2D eigenvalue weighted by atomic mass is 19.1. The van der Waals surface area contributed by atoms with E-state index in [1.165, 1.54) is 19.1 Å². The lowest BCUT2D eigenvalue weighted by Crippen LogP contribution is -2.14. The van der Waals surface area contributed by atoms with Crippen molar-refractivity contribution in [2.24, 2.45) is 0 Å². The molecule has 6 nitrogen and oxygen atoms in total. The number of carbonyl (C=O) groups excluding carboxylic acids is 2. The number of oxazole rings is 1. The summed E-state index contributed by atoms with van der Waals surface area (Å²) in [5.41, 5.74) is 0.864. The summed E-state index contributed by atoms with van der Waals surface area (Å²) in [4.78, 5) is 27.9. The van der Waals surface area contributed by atoms with Gasteiger partial charge in [0.05, 0.1) is 11.6 Å². The fourth-order valence-electron chi connectivity index (χ4n) is 2.39. The second kappa shape index (κ2) is 6.53. The van der Waals surface area contributed by atoms with Gasteiger partial charge in [-0.1, -0.05) is 12.1 Å². The Morgan fingerprint density at radius 3 is 2.72 bits per heavy atom. The smallest absolute Gasteiger partial charge is 0.221 e. The number of benzene rings is 2. The van der Waals surface area contributed by atoms with Gasteiger partial charge >= 0.3 is 0 Å². The lowest BCUT2D eigenvalue weighted by molar-refractivity contribution is -0.114. The predicted octanol–water partition coefficient (Wildman–Crippen LogP) is 3.42. The molecule has 0 saturated carbocycles. The molecule has 0 radical (unpaired) electrons. The number of fused-ring (bicyclic) bond motifs is 1. The van der Waals surface area contributed by atoms with E-state index >= 15 is 0 Å². The van der Waals surface area contributed by atoms with Crippen LogP contribution >= 0.6 is 0 Å². The summed E-state index contributed by atoms with van der Waals surface area (Å²) >= 11 is 0. The molecule has 0 fully saturated rings. The average Bonchev–Trinajstić information content (AvgIpc) is 3.00. The fourth-order valence-corrected chi connectivity index (χ4v) is 2.39. The van der Waals surface area contributed by atoms with Crippen molar-refractivity contribution in [3.05, 3.63) is 59.7 Å². The summed E-state index contributed by atoms with van der Waals surface area (Å²) in [6.07, 6.45) is 0. The molecular formula is C18H12FN3O3. The van der Waals surface area contributed by atoms with Crippen LogP contribution in [0.1, 0.15) is 29.1 Å². The number of hydrogen-bond acceptors (Lipinski definition) is 5. The van der Waals surface area contributed by atoms with Crippen molar-refractivity contribution in [1.29, 1.82) is 5.26 Å². The number of nitrogens with zero attached hydrogens (tertiary/aromatic N) is 2. The summed E-state index contributed by atoms with van der Waals surface area (Å²) in [5.74, 6) is -3.44. The Morgan fingerprint density at radius 2 is 2.04 bits per heavy atom. The minimum absolute atomic E-state index is 0.0990. The second-order valence-corrected chi connectivity index (χ2v) is 5.32. The van der Waals surface area contributed by atoms with Crippen LogP contribution in [0.3, 0.4) is 0 Å². The molecule has 3 rings (SSSR count). The summed E-state index contributed by atoms with van der Waals surface area (Å²) in [5, 5.41) is 11.8. The van der Waals surface area contributed by atoms with Gasteiger partial charge in [0.1, 0.15) is 11.3 Å². The van der Waals surface area contributed by atoms with Crippen LogP contribution in [-0.2, 0) is 4.79 Å². The van der Waals surface area contributed by atoms with Crippen LogP contribution in [-0.4, -0.2) is 16.7 Å². The van der Waals surface area contributed by atoms with E-state index in [1.54, 1.807) is 30.3 Å². The van der Waals surface area contributed by atoms with Gasteiger partial charge in [0.25, 0.3) is 0 Å². The highest BCUT2D eigenvalue weighted by Gasteiger charge is 2.29. The van der Waals surface area contributed by atoms with Crippen molar-refractivity contribution < 1.29 is 18.4 Å². The Labute approximate surface area is 141 Å². The van der Waals surface area contributed by atoms with E-state index in [0.29, 0.717) is 11.1 Å². The molecule has 1 atom stereocenters. The van der Waals surface area contributed by atoms with E-state index in [-0.39, 0.29) is 23.0 Å². The molecule has 0 aliphatic carbocycles. The van der Waals surface area contributed by atoms with Crippen LogP contribution in [0.25, 0.3) is 11.1 Å². The highest BCUT2D eigenvalue weighted by Crippen LogP contribution is 2.26. The molecule has 124 valence electrons. The van der Waals surface area contributed by atoms with Crippen LogP contribution in [0.5, 0.6) is 0 Å².